The number of hydrogen-bond acceptors (Lipinski definition) is 4. The monoisotopic (exact) mass is 331 g/mol. The number of nitrogens with zero attached hydrogens (tertiary/aromatic N) is 2. The molecular weight excluding hydrogens is 306 g/mol. The summed E-state index contributed by atoms with van der Waals surface area (Å²) in [5, 5.41) is 0. The molecule has 2 heterocycles. The van der Waals surface area contributed by atoms with Crippen LogP contribution in [0.5, 0.6) is 0 Å². The van der Waals surface area contributed by atoms with Gasteiger partial charge in [-0.15, -0.1) is 0 Å². The summed E-state index contributed by atoms with van der Waals surface area (Å²) in [4.78, 5) is 27.9. The van der Waals surface area contributed by atoms with E-state index in [9.17, 15) is 9.59 Å². The van der Waals surface area contributed by atoms with Gasteiger partial charge in [-0.1, -0.05) is 30.3 Å². The van der Waals surface area contributed by atoms with Gasteiger partial charge in [-0.2, -0.15) is 0 Å². The number of morpholine rings is 1. The van der Waals surface area contributed by atoms with E-state index in [2.05, 4.69) is 17.0 Å². The maximum Gasteiger partial charge on any atom is 0.236 e. The molecule has 0 aromatic heterocycles. The van der Waals surface area contributed by atoms with Gasteiger partial charge in [-0.25, -0.2) is 0 Å². The number of likely N-dealkylation sites (tertiary alicyclic amines) is 1. The van der Waals surface area contributed by atoms with Crippen LogP contribution in [0.2, 0.25) is 0 Å². The molecule has 130 valence electrons. The first-order chi connectivity index (χ1) is 11.6. The van der Waals surface area contributed by atoms with Crippen molar-refractivity contribution in [1.29, 1.82) is 0 Å². The number of amides is 2. The Bertz CT molecular complexity index is 578. The van der Waals surface area contributed by atoms with Crippen molar-refractivity contribution in [2.45, 2.75) is 18.9 Å². The number of carbonyl (C=O) groups excluding carboxylic acids is 2. The van der Waals surface area contributed by atoms with E-state index in [1.54, 1.807) is 4.90 Å². The van der Waals surface area contributed by atoms with Crippen molar-refractivity contribution in [3.63, 3.8) is 0 Å². The van der Waals surface area contributed by atoms with Gasteiger partial charge in [-0.05, 0) is 18.4 Å². The van der Waals surface area contributed by atoms with Gasteiger partial charge in [0, 0.05) is 26.2 Å². The van der Waals surface area contributed by atoms with Crippen LogP contribution in [-0.2, 0) is 14.3 Å². The summed E-state index contributed by atoms with van der Waals surface area (Å²) in [7, 11) is 0. The van der Waals surface area contributed by atoms with E-state index < -0.39 is 0 Å². The lowest BCUT2D eigenvalue weighted by Crippen LogP contribution is -2.49. The summed E-state index contributed by atoms with van der Waals surface area (Å²) < 4.78 is 5.84. The van der Waals surface area contributed by atoms with Gasteiger partial charge in [0.2, 0.25) is 11.8 Å². The molecule has 2 N–H and O–H groups in total. The average Bonchev–Trinajstić information content (AvgIpc) is 2.63. The van der Waals surface area contributed by atoms with E-state index in [0.29, 0.717) is 26.2 Å². The maximum atomic E-state index is 12.6. The summed E-state index contributed by atoms with van der Waals surface area (Å²) in [5.41, 5.74) is 6.53. The fourth-order valence-corrected chi connectivity index (χ4v) is 3.44. The summed E-state index contributed by atoms with van der Waals surface area (Å²) in [6.07, 6.45) is 1.63. The molecule has 24 heavy (non-hydrogen) atoms. The third-order valence-corrected chi connectivity index (χ3v) is 4.86. The van der Waals surface area contributed by atoms with E-state index in [1.165, 1.54) is 0 Å². The van der Waals surface area contributed by atoms with Crippen molar-refractivity contribution < 1.29 is 14.3 Å². The first-order valence-corrected chi connectivity index (χ1v) is 8.59. The standard InChI is InChI=1S/C18H25N3O3/c19-18(23)15-7-4-8-21(11-15)17(22)13-20-9-10-24-16(12-20)14-5-2-1-3-6-14/h1-3,5-6,15-16H,4,7-13H2,(H2,19,23). The average molecular weight is 331 g/mol. The molecule has 1 aromatic rings. The Morgan fingerprint density at radius 2 is 1.96 bits per heavy atom. The van der Waals surface area contributed by atoms with E-state index in [0.717, 1.165) is 31.5 Å². The molecule has 2 atom stereocenters. The number of ether oxygens (including phenoxy) is 1. The molecule has 2 unspecified atom stereocenters. The van der Waals surface area contributed by atoms with E-state index in [1.807, 2.05) is 18.2 Å². The topological polar surface area (TPSA) is 75.9 Å². The first-order valence-electron chi connectivity index (χ1n) is 8.59. The lowest BCUT2D eigenvalue weighted by molar-refractivity contribution is -0.137. The van der Waals surface area contributed by atoms with E-state index in [-0.39, 0.29) is 23.8 Å². The van der Waals surface area contributed by atoms with Crippen LogP contribution in [-0.4, -0.2) is 60.9 Å². The van der Waals surface area contributed by atoms with Crippen LogP contribution >= 0.6 is 0 Å². The zero-order valence-electron chi connectivity index (χ0n) is 13.9. The Kier molecular flexibility index (Phi) is 5.48. The molecule has 2 aliphatic rings. The van der Waals surface area contributed by atoms with Crippen LogP contribution in [0.4, 0.5) is 0 Å². The van der Waals surface area contributed by atoms with Gasteiger partial charge in [0.05, 0.1) is 25.2 Å². The molecule has 2 fully saturated rings. The molecule has 0 saturated carbocycles. The van der Waals surface area contributed by atoms with Gasteiger partial charge in [-0.3, -0.25) is 14.5 Å². The Hall–Kier alpha value is -1.92. The molecule has 6 nitrogen and oxygen atoms in total. The Morgan fingerprint density at radius 1 is 1.17 bits per heavy atom. The minimum absolute atomic E-state index is 0.00692. The van der Waals surface area contributed by atoms with Gasteiger partial charge in [0.25, 0.3) is 0 Å². The number of hydrogen-bond donors (Lipinski definition) is 1. The smallest absolute Gasteiger partial charge is 0.236 e. The van der Waals surface area contributed by atoms with Gasteiger partial charge in [0.1, 0.15) is 0 Å². The maximum absolute atomic E-state index is 12.6. The number of carbonyl (C=O) groups is 2. The van der Waals surface area contributed by atoms with Crippen molar-refractivity contribution >= 4 is 11.8 Å². The van der Waals surface area contributed by atoms with Crippen molar-refractivity contribution in [2.75, 3.05) is 39.3 Å². The van der Waals surface area contributed by atoms with Gasteiger partial charge < -0.3 is 15.4 Å². The Labute approximate surface area is 142 Å². The number of benzene rings is 1. The predicted octanol–water partition coefficient (Wildman–Crippen LogP) is 0.784. The molecule has 0 bridgehead atoms. The summed E-state index contributed by atoms with van der Waals surface area (Å²) in [6, 6.07) is 10.1. The zero-order valence-corrected chi connectivity index (χ0v) is 13.9. The third-order valence-electron chi connectivity index (χ3n) is 4.86. The molecule has 1 aromatic carbocycles. The van der Waals surface area contributed by atoms with Crippen molar-refractivity contribution in [1.82, 2.24) is 9.80 Å². The van der Waals surface area contributed by atoms with E-state index in [4.69, 9.17) is 10.5 Å². The highest BCUT2D eigenvalue weighted by atomic mass is 16.5. The highest BCUT2D eigenvalue weighted by molar-refractivity contribution is 5.81. The second kappa shape index (κ2) is 7.77. The second-order valence-electron chi connectivity index (χ2n) is 6.59. The Morgan fingerprint density at radius 3 is 2.71 bits per heavy atom. The molecule has 2 aliphatic heterocycles. The van der Waals surface area contributed by atoms with Crippen molar-refractivity contribution in [2.24, 2.45) is 11.7 Å². The summed E-state index contributed by atoms with van der Waals surface area (Å²) >= 11 is 0. The lowest BCUT2D eigenvalue weighted by atomic mass is 9.97. The normalized spacial score (nSPS) is 25.4. The summed E-state index contributed by atoms with van der Waals surface area (Å²) in [6.45, 7) is 3.63. The molecule has 0 aliphatic carbocycles. The molecule has 3 rings (SSSR count). The molecule has 2 saturated heterocycles. The molecular formula is C18H25N3O3. The minimum atomic E-state index is -0.303. The highest BCUT2D eigenvalue weighted by Crippen LogP contribution is 2.22. The second-order valence-corrected chi connectivity index (χ2v) is 6.59. The number of piperidine rings is 1. The van der Waals surface area contributed by atoms with Crippen LogP contribution in [0.3, 0.4) is 0 Å². The number of primary amides is 1. The predicted molar refractivity (Wildman–Crippen MR) is 90.1 cm³/mol. The minimum Gasteiger partial charge on any atom is -0.371 e. The quantitative estimate of drug-likeness (QED) is 0.885. The third kappa shape index (κ3) is 4.13. The first kappa shape index (κ1) is 16.9. The lowest BCUT2D eigenvalue weighted by Gasteiger charge is -2.36. The van der Waals surface area contributed by atoms with E-state index >= 15 is 0 Å². The van der Waals surface area contributed by atoms with Gasteiger partial charge in [0.15, 0.2) is 0 Å². The fourth-order valence-electron chi connectivity index (χ4n) is 3.44. The van der Waals surface area contributed by atoms with Crippen LogP contribution in [0.1, 0.15) is 24.5 Å². The SMILES string of the molecule is NC(=O)C1CCCN(C(=O)CN2CCOC(c3ccccc3)C2)C1. The van der Waals surface area contributed by atoms with Crippen LogP contribution < -0.4 is 5.73 Å². The van der Waals surface area contributed by atoms with Crippen molar-refractivity contribution in [3.05, 3.63) is 35.9 Å². The Balaban J connectivity index is 1.55. The molecule has 0 spiro atoms. The van der Waals surface area contributed by atoms with Crippen LogP contribution in [0, 0.1) is 5.92 Å². The number of nitrogens with two attached hydrogens (primary N) is 1. The highest BCUT2D eigenvalue weighted by Gasteiger charge is 2.29. The largest absolute Gasteiger partial charge is 0.371 e. The molecule has 0 radical (unpaired) electrons. The zero-order chi connectivity index (χ0) is 16.9. The number of rotatable bonds is 4. The molecule has 6 heteroatoms. The van der Waals surface area contributed by atoms with Crippen LogP contribution in [0.25, 0.3) is 0 Å². The van der Waals surface area contributed by atoms with Crippen LogP contribution in [0.15, 0.2) is 30.3 Å². The fraction of sp³-hybridized carbons (Fsp3) is 0.556. The summed E-state index contributed by atoms with van der Waals surface area (Å²) in [5.74, 6) is -0.429. The van der Waals surface area contributed by atoms with Crippen molar-refractivity contribution in [3.8, 4) is 0 Å². The van der Waals surface area contributed by atoms with Gasteiger partial charge >= 0.3 is 0 Å². The molecule has 2 amide bonds.